The van der Waals surface area contributed by atoms with Gasteiger partial charge in [-0.05, 0) is 18.6 Å². The number of pyridine rings is 1. The summed E-state index contributed by atoms with van der Waals surface area (Å²) in [5, 5.41) is 2.46. The van der Waals surface area contributed by atoms with Crippen molar-refractivity contribution in [3.05, 3.63) is 23.4 Å². The topological polar surface area (TPSA) is 68.0 Å². The van der Waals surface area contributed by atoms with Gasteiger partial charge in [0.15, 0.2) is 0 Å². The summed E-state index contributed by atoms with van der Waals surface area (Å²) in [6.07, 6.45) is -5.27. The highest BCUT2D eigenvalue weighted by molar-refractivity contribution is 5.94. The number of nitrogens with one attached hydrogen (secondary N) is 1. The quantitative estimate of drug-likeness (QED) is 0.840. The van der Waals surface area contributed by atoms with Gasteiger partial charge in [-0.25, -0.2) is 4.98 Å². The van der Waals surface area contributed by atoms with Crippen molar-refractivity contribution >= 4 is 11.7 Å². The largest absolute Gasteiger partial charge is 0.389 e. The van der Waals surface area contributed by atoms with Crippen molar-refractivity contribution in [2.24, 2.45) is 0 Å². The van der Waals surface area contributed by atoms with Crippen LogP contribution in [0.2, 0.25) is 0 Å². The number of carbonyl (C=O) groups is 1. The van der Waals surface area contributed by atoms with Crippen molar-refractivity contribution in [3.8, 4) is 0 Å². The lowest BCUT2D eigenvalue weighted by Gasteiger charge is -2.19. The summed E-state index contributed by atoms with van der Waals surface area (Å²) in [5.74, 6) is -0.236. The molecule has 7 heteroatoms. The molecule has 1 amide bonds. The predicted molar refractivity (Wildman–Crippen MR) is 75.0 cm³/mol. The molecule has 0 saturated heterocycles. The maximum atomic E-state index is 12.0. The summed E-state index contributed by atoms with van der Waals surface area (Å²) in [6.45, 7) is 5.75. The number of anilines is 1. The van der Waals surface area contributed by atoms with Crippen LogP contribution < -0.4 is 11.1 Å². The third-order valence-corrected chi connectivity index (χ3v) is 2.80. The molecule has 0 atom stereocenters. The van der Waals surface area contributed by atoms with E-state index in [4.69, 9.17) is 5.73 Å². The average molecular weight is 303 g/mol. The molecule has 0 fully saturated rings. The number of hydrogen-bond donors (Lipinski definition) is 2. The predicted octanol–water partition coefficient (Wildman–Crippen LogP) is 3.03. The highest BCUT2D eigenvalue weighted by Gasteiger charge is 2.26. The Morgan fingerprint density at radius 3 is 2.43 bits per heavy atom. The first-order valence-corrected chi connectivity index (χ1v) is 6.62. The Morgan fingerprint density at radius 1 is 1.29 bits per heavy atom. The molecular weight excluding hydrogens is 283 g/mol. The molecule has 21 heavy (non-hydrogen) atoms. The van der Waals surface area contributed by atoms with Gasteiger partial charge in [0.25, 0.3) is 5.91 Å². The molecule has 0 aliphatic rings. The number of halogens is 3. The van der Waals surface area contributed by atoms with Crippen molar-refractivity contribution in [2.45, 2.75) is 45.2 Å². The van der Waals surface area contributed by atoms with E-state index in [-0.39, 0.29) is 24.2 Å². The zero-order valence-electron chi connectivity index (χ0n) is 12.3. The molecule has 1 heterocycles. The van der Waals surface area contributed by atoms with Crippen LogP contribution in [0.5, 0.6) is 0 Å². The van der Waals surface area contributed by atoms with Gasteiger partial charge < -0.3 is 11.1 Å². The minimum absolute atomic E-state index is 0.0363. The van der Waals surface area contributed by atoms with Crippen molar-refractivity contribution in [3.63, 3.8) is 0 Å². The minimum atomic E-state index is -4.20. The lowest BCUT2D eigenvalue weighted by atomic mass is 9.90. The van der Waals surface area contributed by atoms with Crippen molar-refractivity contribution in [1.82, 2.24) is 10.3 Å². The second kappa shape index (κ2) is 6.32. The first-order valence-electron chi connectivity index (χ1n) is 6.62. The lowest BCUT2D eigenvalue weighted by molar-refractivity contribution is -0.135. The molecule has 0 aliphatic heterocycles. The fourth-order valence-electron chi connectivity index (χ4n) is 1.66. The third kappa shape index (κ3) is 6.01. The normalized spacial score (nSPS) is 12.3. The van der Waals surface area contributed by atoms with Crippen LogP contribution in [0.15, 0.2) is 12.1 Å². The van der Waals surface area contributed by atoms with E-state index in [0.717, 1.165) is 0 Å². The second-order valence-corrected chi connectivity index (χ2v) is 5.89. The van der Waals surface area contributed by atoms with E-state index in [1.54, 1.807) is 6.07 Å². The Labute approximate surface area is 121 Å². The average Bonchev–Trinajstić information content (AvgIpc) is 2.31. The molecule has 0 bridgehead atoms. The third-order valence-electron chi connectivity index (χ3n) is 2.80. The number of alkyl halides is 3. The summed E-state index contributed by atoms with van der Waals surface area (Å²) in [7, 11) is 0. The van der Waals surface area contributed by atoms with E-state index in [0.29, 0.717) is 11.3 Å². The van der Waals surface area contributed by atoms with E-state index >= 15 is 0 Å². The van der Waals surface area contributed by atoms with Gasteiger partial charge in [-0.2, -0.15) is 13.2 Å². The molecule has 0 spiro atoms. The molecule has 1 aromatic rings. The molecule has 4 nitrogen and oxygen atoms in total. The standard InChI is InChI=1S/C14H20F3N3O/c1-13(2,3)10-7-9(8-11(18)20-10)12(21)19-6-4-5-14(15,16)17/h7-8H,4-6H2,1-3H3,(H2,18,20)(H,19,21). The Morgan fingerprint density at radius 2 is 1.90 bits per heavy atom. The smallest absolute Gasteiger partial charge is 0.384 e. The molecule has 1 aromatic heterocycles. The Bertz CT molecular complexity index is 507. The second-order valence-electron chi connectivity index (χ2n) is 5.89. The van der Waals surface area contributed by atoms with Crippen LogP contribution in [-0.2, 0) is 5.41 Å². The van der Waals surface area contributed by atoms with Gasteiger partial charge in [-0.15, -0.1) is 0 Å². The van der Waals surface area contributed by atoms with Crippen molar-refractivity contribution in [2.75, 3.05) is 12.3 Å². The molecule has 0 aliphatic carbocycles. The summed E-state index contributed by atoms with van der Waals surface area (Å²) in [5.41, 5.74) is 6.35. The number of carbonyl (C=O) groups excluding carboxylic acids is 1. The van der Waals surface area contributed by atoms with Crippen LogP contribution in [0.4, 0.5) is 19.0 Å². The maximum Gasteiger partial charge on any atom is 0.389 e. The number of rotatable bonds is 4. The maximum absolute atomic E-state index is 12.0. The van der Waals surface area contributed by atoms with Crippen LogP contribution in [0, 0.1) is 0 Å². The van der Waals surface area contributed by atoms with Gasteiger partial charge in [0.2, 0.25) is 0 Å². The monoisotopic (exact) mass is 303 g/mol. The van der Waals surface area contributed by atoms with Gasteiger partial charge >= 0.3 is 6.18 Å². The molecule has 118 valence electrons. The number of amides is 1. The van der Waals surface area contributed by atoms with Crippen LogP contribution in [0.1, 0.15) is 49.7 Å². The van der Waals surface area contributed by atoms with E-state index < -0.39 is 18.5 Å². The van der Waals surface area contributed by atoms with Crippen LogP contribution in [0.25, 0.3) is 0 Å². The van der Waals surface area contributed by atoms with Gasteiger partial charge in [0, 0.05) is 29.6 Å². The highest BCUT2D eigenvalue weighted by Crippen LogP contribution is 2.23. The van der Waals surface area contributed by atoms with Gasteiger partial charge in [0.1, 0.15) is 5.82 Å². The highest BCUT2D eigenvalue weighted by atomic mass is 19.4. The Kier molecular flexibility index (Phi) is 5.20. The van der Waals surface area contributed by atoms with E-state index in [2.05, 4.69) is 10.3 Å². The van der Waals surface area contributed by atoms with Crippen LogP contribution in [0.3, 0.4) is 0 Å². The van der Waals surface area contributed by atoms with Gasteiger partial charge in [-0.1, -0.05) is 20.8 Å². The van der Waals surface area contributed by atoms with E-state index in [1.165, 1.54) is 6.07 Å². The van der Waals surface area contributed by atoms with Crippen molar-refractivity contribution < 1.29 is 18.0 Å². The summed E-state index contributed by atoms with van der Waals surface area (Å²) >= 11 is 0. The van der Waals surface area contributed by atoms with Crippen molar-refractivity contribution in [1.29, 1.82) is 0 Å². The molecule has 0 unspecified atom stereocenters. The number of hydrogen-bond acceptors (Lipinski definition) is 3. The first-order chi connectivity index (χ1) is 9.49. The van der Waals surface area contributed by atoms with Crippen LogP contribution >= 0.6 is 0 Å². The molecule has 0 radical (unpaired) electrons. The molecule has 0 saturated carbocycles. The SMILES string of the molecule is CC(C)(C)c1cc(C(=O)NCCCC(F)(F)F)cc(N)n1. The van der Waals surface area contributed by atoms with Gasteiger partial charge in [-0.3, -0.25) is 4.79 Å². The molecular formula is C14H20F3N3O. The van der Waals surface area contributed by atoms with Crippen LogP contribution in [-0.4, -0.2) is 23.6 Å². The Hall–Kier alpha value is -1.79. The summed E-state index contributed by atoms with van der Waals surface area (Å²) in [6, 6.07) is 3.02. The zero-order valence-corrected chi connectivity index (χ0v) is 12.3. The number of nitrogens with zero attached hydrogens (tertiary/aromatic N) is 1. The first kappa shape index (κ1) is 17.3. The van der Waals surface area contributed by atoms with E-state index in [9.17, 15) is 18.0 Å². The molecule has 3 N–H and O–H groups in total. The number of aromatic nitrogens is 1. The minimum Gasteiger partial charge on any atom is -0.384 e. The van der Waals surface area contributed by atoms with Gasteiger partial charge in [0.05, 0.1) is 0 Å². The molecule has 1 rings (SSSR count). The number of nitrogens with two attached hydrogens (primary N) is 1. The summed E-state index contributed by atoms with van der Waals surface area (Å²) in [4.78, 5) is 16.1. The van der Waals surface area contributed by atoms with E-state index in [1.807, 2.05) is 20.8 Å². The molecule has 0 aromatic carbocycles. The zero-order chi connectivity index (χ0) is 16.3. The fraction of sp³-hybridized carbons (Fsp3) is 0.571. The Balaban J connectivity index is 2.68. The number of nitrogen functional groups attached to an aromatic ring is 1. The lowest BCUT2D eigenvalue weighted by Crippen LogP contribution is -2.26. The fourth-order valence-corrected chi connectivity index (χ4v) is 1.66. The summed E-state index contributed by atoms with van der Waals surface area (Å²) < 4.78 is 36.0.